The van der Waals surface area contributed by atoms with Crippen LogP contribution in [0.3, 0.4) is 0 Å². The summed E-state index contributed by atoms with van der Waals surface area (Å²) in [6.07, 6.45) is 1.79. The van der Waals surface area contributed by atoms with Crippen molar-refractivity contribution in [3.8, 4) is 0 Å². The number of carbonyl (C=O) groups excluding carboxylic acids is 1. The van der Waals surface area contributed by atoms with Gasteiger partial charge in [0.1, 0.15) is 0 Å². The molecule has 2 unspecified atom stereocenters. The maximum atomic E-state index is 13.1. The molecule has 2 saturated heterocycles. The zero-order chi connectivity index (χ0) is 24.6. The van der Waals surface area contributed by atoms with Gasteiger partial charge in [0.05, 0.1) is 28.1 Å². The van der Waals surface area contributed by atoms with Gasteiger partial charge in [0.2, 0.25) is 10.0 Å². The van der Waals surface area contributed by atoms with Crippen LogP contribution < -0.4 is 10.2 Å². The average Bonchev–Trinajstić information content (AvgIpc) is 3.38. The second-order valence-electron chi connectivity index (χ2n) is 9.14. The highest BCUT2D eigenvalue weighted by atomic mass is 32.2. The molecule has 3 heterocycles. The average molecular weight is 496 g/mol. The number of rotatable bonds is 5. The van der Waals surface area contributed by atoms with Gasteiger partial charge in [0, 0.05) is 31.7 Å². The third-order valence-corrected chi connectivity index (χ3v) is 8.18. The molecule has 2 atom stereocenters. The van der Waals surface area contributed by atoms with Crippen LogP contribution in [-0.4, -0.2) is 67.0 Å². The first-order valence-electron chi connectivity index (χ1n) is 11.9. The molecule has 1 N–H and O–H groups in total. The van der Waals surface area contributed by atoms with Gasteiger partial charge in [0.25, 0.3) is 5.91 Å². The smallest absolute Gasteiger partial charge is 0.256 e. The number of fused-ring (bicyclic) bond motifs is 1. The van der Waals surface area contributed by atoms with Gasteiger partial charge < -0.3 is 15.0 Å². The van der Waals surface area contributed by atoms with Gasteiger partial charge in [-0.25, -0.2) is 18.4 Å². The van der Waals surface area contributed by atoms with Crippen LogP contribution >= 0.6 is 0 Å². The predicted molar refractivity (Wildman–Crippen MR) is 134 cm³/mol. The Labute approximate surface area is 205 Å². The summed E-state index contributed by atoms with van der Waals surface area (Å²) in [5, 5.41) is 2.90. The molecule has 10 heteroatoms. The summed E-state index contributed by atoms with van der Waals surface area (Å²) in [6.45, 7) is 6.04. The molecule has 0 bridgehead atoms. The molecule has 0 radical (unpaired) electrons. The number of para-hydroxylation sites is 2. The zero-order valence-electron chi connectivity index (χ0n) is 19.8. The van der Waals surface area contributed by atoms with Crippen LogP contribution in [-0.2, 0) is 14.8 Å². The Kier molecular flexibility index (Phi) is 6.43. The molecule has 35 heavy (non-hydrogen) atoms. The topological polar surface area (TPSA) is 105 Å². The minimum atomic E-state index is -3.68. The van der Waals surface area contributed by atoms with E-state index >= 15 is 0 Å². The van der Waals surface area contributed by atoms with Crippen LogP contribution in [0.2, 0.25) is 0 Å². The Morgan fingerprint density at radius 3 is 2.17 bits per heavy atom. The first-order chi connectivity index (χ1) is 16.8. The number of benzene rings is 2. The van der Waals surface area contributed by atoms with Crippen LogP contribution in [0.15, 0.2) is 53.4 Å². The number of nitrogens with zero attached hydrogens (tertiary/aromatic N) is 4. The molecule has 2 aromatic carbocycles. The third-order valence-electron chi connectivity index (χ3n) is 6.33. The molecule has 1 amide bonds. The summed E-state index contributed by atoms with van der Waals surface area (Å²) in [5.74, 6) is 0.695. The third kappa shape index (κ3) is 4.86. The number of amides is 1. The monoisotopic (exact) mass is 495 g/mol. The van der Waals surface area contributed by atoms with Gasteiger partial charge in [-0.1, -0.05) is 12.1 Å². The van der Waals surface area contributed by atoms with E-state index in [1.807, 2.05) is 38.1 Å². The SMILES string of the molecule is CC1CN(S(=O)(=O)c2ccc(C(=O)Nc3nc4ccccc4nc3N3CCCC3)cc2)CC(C)O1. The molecule has 1 aromatic heterocycles. The van der Waals surface area contributed by atoms with Crippen molar-refractivity contribution in [2.24, 2.45) is 0 Å². The van der Waals surface area contributed by atoms with Crippen LogP contribution in [0.5, 0.6) is 0 Å². The van der Waals surface area contributed by atoms with E-state index in [1.54, 1.807) is 0 Å². The summed E-state index contributed by atoms with van der Waals surface area (Å²) in [7, 11) is -3.68. The molecule has 2 fully saturated rings. The van der Waals surface area contributed by atoms with Crippen molar-refractivity contribution in [2.45, 2.75) is 43.8 Å². The van der Waals surface area contributed by atoms with E-state index < -0.39 is 10.0 Å². The minimum Gasteiger partial charge on any atom is -0.373 e. The summed E-state index contributed by atoms with van der Waals surface area (Å²) >= 11 is 0. The van der Waals surface area contributed by atoms with Crippen LogP contribution in [0.1, 0.15) is 37.0 Å². The van der Waals surface area contributed by atoms with Crippen molar-refractivity contribution in [2.75, 3.05) is 36.4 Å². The largest absolute Gasteiger partial charge is 0.373 e. The molecule has 0 spiro atoms. The first-order valence-corrected chi connectivity index (χ1v) is 13.3. The Hall–Kier alpha value is -3.08. The Morgan fingerprint density at radius 1 is 0.943 bits per heavy atom. The van der Waals surface area contributed by atoms with E-state index in [0.29, 0.717) is 35.8 Å². The van der Waals surface area contributed by atoms with Gasteiger partial charge in [-0.3, -0.25) is 4.79 Å². The van der Waals surface area contributed by atoms with Crippen LogP contribution in [0.25, 0.3) is 11.0 Å². The molecular weight excluding hydrogens is 466 g/mol. The number of hydrogen-bond donors (Lipinski definition) is 1. The number of anilines is 2. The van der Waals surface area contributed by atoms with Gasteiger partial charge >= 0.3 is 0 Å². The van der Waals surface area contributed by atoms with Crippen molar-refractivity contribution in [1.29, 1.82) is 0 Å². The fourth-order valence-electron chi connectivity index (χ4n) is 4.66. The number of morpholine rings is 1. The van der Waals surface area contributed by atoms with E-state index in [-0.39, 0.29) is 23.0 Å². The van der Waals surface area contributed by atoms with E-state index in [9.17, 15) is 13.2 Å². The summed E-state index contributed by atoms with van der Waals surface area (Å²) in [6, 6.07) is 13.6. The summed E-state index contributed by atoms with van der Waals surface area (Å²) in [5.41, 5.74) is 1.81. The van der Waals surface area contributed by atoms with Crippen molar-refractivity contribution >= 4 is 38.6 Å². The lowest BCUT2D eigenvalue weighted by molar-refractivity contribution is -0.0440. The van der Waals surface area contributed by atoms with Gasteiger partial charge in [-0.15, -0.1) is 0 Å². The highest BCUT2D eigenvalue weighted by molar-refractivity contribution is 7.89. The highest BCUT2D eigenvalue weighted by Gasteiger charge is 2.32. The number of sulfonamides is 1. The second kappa shape index (κ2) is 9.52. The number of aromatic nitrogens is 2. The van der Waals surface area contributed by atoms with E-state index in [2.05, 4.69) is 15.2 Å². The molecular formula is C25H29N5O4S. The molecule has 0 aliphatic carbocycles. The molecule has 184 valence electrons. The number of ether oxygens (including phenoxy) is 1. The lowest BCUT2D eigenvalue weighted by atomic mass is 10.2. The number of hydrogen-bond acceptors (Lipinski definition) is 7. The van der Waals surface area contributed by atoms with Gasteiger partial charge in [-0.05, 0) is 63.1 Å². The maximum absolute atomic E-state index is 13.1. The van der Waals surface area contributed by atoms with Crippen molar-refractivity contribution in [3.05, 3.63) is 54.1 Å². The molecule has 0 saturated carbocycles. The molecule has 3 aromatic rings. The fourth-order valence-corrected chi connectivity index (χ4v) is 6.25. The lowest BCUT2D eigenvalue weighted by Crippen LogP contribution is -2.48. The standard InChI is InChI=1S/C25H29N5O4S/c1-17-15-30(16-18(2)34-17)35(32,33)20-11-9-19(10-12-20)25(31)28-23-24(29-13-5-6-14-29)27-22-8-4-3-7-21(22)26-23/h3-4,7-12,17-18H,5-6,13-16H2,1-2H3,(H,26,28,31). The van der Waals surface area contributed by atoms with E-state index in [4.69, 9.17) is 9.72 Å². The van der Waals surface area contributed by atoms with E-state index in [1.165, 1.54) is 28.6 Å². The Morgan fingerprint density at radius 2 is 1.54 bits per heavy atom. The number of nitrogens with one attached hydrogen (secondary N) is 1. The molecule has 5 rings (SSSR count). The Bertz CT molecular complexity index is 1330. The minimum absolute atomic E-state index is 0.151. The lowest BCUT2D eigenvalue weighted by Gasteiger charge is -2.34. The summed E-state index contributed by atoms with van der Waals surface area (Å²) in [4.78, 5) is 24.8. The van der Waals surface area contributed by atoms with Crippen LogP contribution in [0, 0.1) is 0 Å². The molecule has 2 aliphatic rings. The number of carbonyl (C=O) groups is 1. The molecule has 2 aliphatic heterocycles. The predicted octanol–water partition coefficient (Wildman–Crippen LogP) is 3.28. The van der Waals surface area contributed by atoms with Crippen molar-refractivity contribution < 1.29 is 17.9 Å². The first kappa shape index (κ1) is 23.7. The summed E-state index contributed by atoms with van der Waals surface area (Å²) < 4.78 is 33.3. The van der Waals surface area contributed by atoms with Crippen molar-refractivity contribution in [1.82, 2.24) is 14.3 Å². The zero-order valence-corrected chi connectivity index (χ0v) is 20.7. The fraction of sp³-hybridized carbons (Fsp3) is 0.400. The highest BCUT2D eigenvalue weighted by Crippen LogP contribution is 2.28. The maximum Gasteiger partial charge on any atom is 0.256 e. The second-order valence-corrected chi connectivity index (χ2v) is 11.1. The molecule has 9 nitrogen and oxygen atoms in total. The van der Waals surface area contributed by atoms with Gasteiger partial charge in [-0.2, -0.15) is 4.31 Å². The van der Waals surface area contributed by atoms with E-state index in [0.717, 1.165) is 31.4 Å². The van der Waals surface area contributed by atoms with Crippen molar-refractivity contribution in [3.63, 3.8) is 0 Å². The van der Waals surface area contributed by atoms with Gasteiger partial charge in [0.15, 0.2) is 11.6 Å². The Balaban J connectivity index is 1.38. The van der Waals surface area contributed by atoms with Crippen LogP contribution in [0.4, 0.5) is 11.6 Å². The normalized spacial score (nSPS) is 21.4. The quantitative estimate of drug-likeness (QED) is 0.579.